The van der Waals surface area contributed by atoms with Crippen molar-refractivity contribution in [1.29, 1.82) is 5.26 Å². The molecular formula is C13H9FN4O2. The molecule has 1 N–H and O–H groups in total. The third-order valence-corrected chi connectivity index (χ3v) is 2.65. The Morgan fingerprint density at radius 3 is 2.90 bits per heavy atom. The van der Waals surface area contributed by atoms with E-state index < -0.39 is 10.7 Å². The normalized spacial score (nSPS) is 9.80. The van der Waals surface area contributed by atoms with E-state index in [2.05, 4.69) is 10.3 Å². The van der Waals surface area contributed by atoms with Crippen LogP contribution < -0.4 is 5.32 Å². The predicted octanol–water partition coefficient (Wildman–Crippen LogP) is 2.61. The number of nitrogens with zero attached hydrogens (tertiary/aromatic N) is 3. The van der Waals surface area contributed by atoms with Gasteiger partial charge in [-0.25, -0.2) is 4.39 Å². The van der Waals surface area contributed by atoms with Crippen LogP contribution in [-0.4, -0.2) is 9.91 Å². The number of pyridine rings is 1. The average Bonchev–Trinajstić information content (AvgIpc) is 2.46. The summed E-state index contributed by atoms with van der Waals surface area (Å²) in [6.07, 6.45) is 2.53. The Balaban J connectivity index is 2.18. The third kappa shape index (κ3) is 2.87. The number of nitriles is 1. The third-order valence-electron chi connectivity index (χ3n) is 2.65. The van der Waals surface area contributed by atoms with Gasteiger partial charge in [0.05, 0.1) is 16.6 Å². The minimum atomic E-state index is -0.565. The second-order valence-electron chi connectivity index (χ2n) is 3.92. The zero-order chi connectivity index (χ0) is 14.5. The van der Waals surface area contributed by atoms with Gasteiger partial charge in [0.2, 0.25) is 0 Å². The summed E-state index contributed by atoms with van der Waals surface area (Å²) in [4.78, 5) is 13.9. The van der Waals surface area contributed by atoms with Gasteiger partial charge in [-0.2, -0.15) is 5.26 Å². The van der Waals surface area contributed by atoms with Crippen LogP contribution in [0, 0.1) is 27.3 Å². The molecule has 20 heavy (non-hydrogen) atoms. The smallest absolute Gasteiger partial charge is 0.310 e. The largest absolute Gasteiger partial charge is 0.375 e. The molecule has 2 aromatic rings. The predicted molar refractivity (Wildman–Crippen MR) is 69.3 cm³/mol. The Hall–Kier alpha value is -3.01. The van der Waals surface area contributed by atoms with Crippen LogP contribution in [0.4, 0.5) is 15.8 Å². The van der Waals surface area contributed by atoms with Crippen LogP contribution in [0.1, 0.15) is 11.1 Å². The molecule has 0 saturated heterocycles. The van der Waals surface area contributed by atoms with E-state index in [0.29, 0.717) is 5.56 Å². The zero-order valence-corrected chi connectivity index (χ0v) is 10.2. The zero-order valence-electron chi connectivity index (χ0n) is 10.2. The first kappa shape index (κ1) is 13.4. The molecule has 0 aliphatic rings. The molecule has 7 heteroatoms. The number of hydrogen-bond donors (Lipinski definition) is 1. The fourth-order valence-electron chi connectivity index (χ4n) is 1.63. The fraction of sp³-hybridized carbons (Fsp3) is 0.0769. The second kappa shape index (κ2) is 5.75. The van der Waals surface area contributed by atoms with Crippen molar-refractivity contribution in [2.24, 2.45) is 0 Å². The van der Waals surface area contributed by atoms with Gasteiger partial charge in [0.25, 0.3) is 0 Å². The summed E-state index contributed by atoms with van der Waals surface area (Å²) in [7, 11) is 0. The highest BCUT2D eigenvalue weighted by molar-refractivity contribution is 5.59. The van der Waals surface area contributed by atoms with Gasteiger partial charge < -0.3 is 5.32 Å². The van der Waals surface area contributed by atoms with E-state index in [9.17, 15) is 14.5 Å². The quantitative estimate of drug-likeness (QED) is 0.682. The number of anilines is 1. The van der Waals surface area contributed by atoms with Gasteiger partial charge in [-0.1, -0.05) is 6.07 Å². The van der Waals surface area contributed by atoms with E-state index in [1.807, 2.05) is 6.07 Å². The molecule has 0 spiro atoms. The van der Waals surface area contributed by atoms with Crippen molar-refractivity contribution >= 4 is 11.4 Å². The van der Waals surface area contributed by atoms with E-state index in [1.54, 1.807) is 0 Å². The lowest BCUT2D eigenvalue weighted by Crippen LogP contribution is -2.04. The van der Waals surface area contributed by atoms with Gasteiger partial charge in [-0.3, -0.25) is 15.1 Å². The van der Waals surface area contributed by atoms with Crippen molar-refractivity contribution in [1.82, 2.24) is 4.98 Å². The average molecular weight is 272 g/mol. The summed E-state index contributed by atoms with van der Waals surface area (Å²) in [6.45, 7) is 0.0718. The molecule has 1 aromatic carbocycles. The van der Waals surface area contributed by atoms with Crippen molar-refractivity contribution in [2.45, 2.75) is 6.54 Å². The van der Waals surface area contributed by atoms with Crippen LogP contribution in [0.2, 0.25) is 0 Å². The minimum absolute atomic E-state index is 0.0718. The summed E-state index contributed by atoms with van der Waals surface area (Å²) in [5.41, 5.74) is 0.617. The molecule has 0 fully saturated rings. The van der Waals surface area contributed by atoms with Crippen molar-refractivity contribution in [2.75, 3.05) is 5.32 Å². The Labute approximate surface area is 113 Å². The van der Waals surface area contributed by atoms with Gasteiger partial charge in [0, 0.05) is 18.3 Å². The van der Waals surface area contributed by atoms with Crippen LogP contribution in [0.15, 0.2) is 36.7 Å². The Morgan fingerprint density at radius 1 is 1.45 bits per heavy atom. The highest BCUT2D eigenvalue weighted by Gasteiger charge is 2.13. The Kier molecular flexibility index (Phi) is 3.86. The lowest BCUT2D eigenvalue weighted by molar-refractivity contribution is -0.384. The number of halogens is 1. The molecule has 0 aliphatic carbocycles. The first-order valence-corrected chi connectivity index (χ1v) is 5.62. The summed E-state index contributed by atoms with van der Waals surface area (Å²) < 4.78 is 13.7. The second-order valence-corrected chi connectivity index (χ2v) is 3.92. The number of rotatable bonds is 4. The van der Waals surface area contributed by atoms with Crippen LogP contribution in [-0.2, 0) is 6.54 Å². The maximum absolute atomic E-state index is 13.7. The van der Waals surface area contributed by atoms with E-state index in [1.165, 1.54) is 24.4 Å². The van der Waals surface area contributed by atoms with Crippen molar-refractivity contribution in [3.8, 4) is 6.07 Å². The van der Waals surface area contributed by atoms with Crippen LogP contribution in [0.5, 0.6) is 0 Å². The number of aromatic nitrogens is 1. The van der Waals surface area contributed by atoms with Gasteiger partial charge in [0.1, 0.15) is 17.7 Å². The van der Waals surface area contributed by atoms with Gasteiger partial charge in [-0.15, -0.1) is 0 Å². The van der Waals surface area contributed by atoms with Crippen LogP contribution in [0.25, 0.3) is 0 Å². The molecule has 0 aliphatic heterocycles. The molecule has 0 unspecified atom stereocenters. The van der Waals surface area contributed by atoms with Gasteiger partial charge in [0.15, 0.2) is 0 Å². The van der Waals surface area contributed by atoms with Crippen LogP contribution in [0.3, 0.4) is 0 Å². The first-order valence-electron chi connectivity index (χ1n) is 5.62. The van der Waals surface area contributed by atoms with Gasteiger partial charge >= 0.3 is 5.69 Å². The van der Waals surface area contributed by atoms with E-state index in [-0.39, 0.29) is 23.5 Å². The molecule has 1 heterocycles. The number of hydrogen-bond acceptors (Lipinski definition) is 5. The molecule has 0 amide bonds. The standard InChI is InChI=1S/C13H9FN4O2/c14-11-5-9(6-15)1-2-10(11)7-17-12-3-4-16-8-13(12)18(19)20/h1-5,8H,7H2,(H,16,17). The summed E-state index contributed by atoms with van der Waals surface area (Å²) in [5, 5.41) is 22.2. The maximum atomic E-state index is 13.7. The van der Waals surface area contributed by atoms with Crippen LogP contribution >= 0.6 is 0 Å². The molecule has 100 valence electrons. The molecule has 6 nitrogen and oxygen atoms in total. The summed E-state index contributed by atoms with van der Waals surface area (Å²) in [6, 6.07) is 7.36. The lowest BCUT2D eigenvalue weighted by Gasteiger charge is -2.07. The van der Waals surface area contributed by atoms with Crippen molar-refractivity contribution in [3.05, 3.63) is 63.7 Å². The Morgan fingerprint density at radius 2 is 2.25 bits per heavy atom. The highest BCUT2D eigenvalue weighted by atomic mass is 19.1. The number of nitro groups is 1. The topological polar surface area (TPSA) is 91.8 Å². The van der Waals surface area contributed by atoms with Crippen molar-refractivity contribution in [3.63, 3.8) is 0 Å². The molecule has 1 aromatic heterocycles. The summed E-state index contributed by atoms with van der Waals surface area (Å²) in [5.74, 6) is -0.534. The number of nitrogens with one attached hydrogen (secondary N) is 1. The molecule has 2 rings (SSSR count). The summed E-state index contributed by atoms with van der Waals surface area (Å²) >= 11 is 0. The molecular weight excluding hydrogens is 263 g/mol. The SMILES string of the molecule is N#Cc1ccc(CNc2ccncc2[N+](=O)[O-])c(F)c1. The van der Waals surface area contributed by atoms with E-state index in [0.717, 1.165) is 12.3 Å². The molecule has 0 atom stereocenters. The first-order chi connectivity index (χ1) is 9.61. The molecule has 0 saturated carbocycles. The Bertz CT molecular complexity index is 697. The van der Waals surface area contributed by atoms with E-state index >= 15 is 0 Å². The molecule has 0 bridgehead atoms. The van der Waals surface area contributed by atoms with E-state index in [4.69, 9.17) is 5.26 Å². The van der Waals surface area contributed by atoms with Crippen molar-refractivity contribution < 1.29 is 9.31 Å². The maximum Gasteiger partial charge on any atom is 0.310 e. The highest BCUT2D eigenvalue weighted by Crippen LogP contribution is 2.23. The van der Waals surface area contributed by atoms with Gasteiger partial charge in [-0.05, 0) is 18.2 Å². The molecule has 0 radical (unpaired) electrons. The lowest BCUT2D eigenvalue weighted by atomic mass is 10.1. The monoisotopic (exact) mass is 272 g/mol. The minimum Gasteiger partial charge on any atom is -0.375 e. The number of benzene rings is 1. The fourth-order valence-corrected chi connectivity index (χ4v) is 1.63.